The number of hydrogen-bond acceptors (Lipinski definition) is 15. The van der Waals surface area contributed by atoms with E-state index in [9.17, 15) is 19.4 Å². The fourth-order valence-electron chi connectivity index (χ4n) is 4.86. The van der Waals surface area contributed by atoms with Crippen LogP contribution in [0.2, 0.25) is 0 Å². The Morgan fingerprint density at radius 1 is 1.16 bits per heavy atom. The third-order valence-electron chi connectivity index (χ3n) is 6.80. The number of hydrogen-bond donors (Lipinski definition) is 6. The molecule has 18 nitrogen and oxygen atoms in total. The fourth-order valence-corrected chi connectivity index (χ4v) is 6.90. The van der Waals surface area contributed by atoms with Crippen LogP contribution in [0.4, 0.5) is 20.5 Å². The van der Waals surface area contributed by atoms with Gasteiger partial charge in [0.25, 0.3) is 5.56 Å². The second kappa shape index (κ2) is 11.9. The van der Waals surface area contributed by atoms with Gasteiger partial charge in [-0.1, -0.05) is 0 Å². The third-order valence-corrected chi connectivity index (χ3v) is 9.01. The molecule has 0 aromatic carbocycles. The lowest BCUT2D eigenvalue weighted by Crippen LogP contribution is -2.33. The number of aliphatic hydroxyl groups excluding tert-OH is 1. The standard InChI is InChI=1S/C20H21F2N9O9P2S2/c21-8-7(3-36-41(34)43)37-18(31-5-27-10-15(31)28-20(24)29-16(10)33)12(8)39-42(35,44)40-19-11(32)9(22)17(38-19)30-2-1-6-13(23)25-4-26-14(6)30/h1-2,4-5,7-9,11-12,17-19,32H,3H2,(H6-,23,24,25,26,28,29,33,34,35,43,44)/p+1/t7-,8-,9+,11+,12-,17-,18-,19-,42?/m1/s1. The van der Waals surface area contributed by atoms with Gasteiger partial charge in [-0.2, -0.15) is 4.98 Å². The van der Waals surface area contributed by atoms with Crippen LogP contribution >= 0.6 is 26.2 Å². The summed E-state index contributed by atoms with van der Waals surface area (Å²) in [5.74, 6) is -0.159. The lowest BCUT2D eigenvalue weighted by molar-refractivity contribution is -0.134. The van der Waals surface area contributed by atoms with Gasteiger partial charge in [0.05, 0.1) is 11.7 Å². The van der Waals surface area contributed by atoms with Crippen molar-refractivity contribution in [2.45, 2.75) is 49.4 Å². The first-order chi connectivity index (χ1) is 20.8. The number of ether oxygens (including phenoxy) is 2. The van der Waals surface area contributed by atoms with Crippen molar-refractivity contribution in [3.8, 4) is 0 Å². The highest BCUT2D eigenvalue weighted by Gasteiger charge is 2.53. The molecule has 0 bridgehead atoms. The molecule has 2 fully saturated rings. The van der Waals surface area contributed by atoms with Crippen molar-refractivity contribution in [2.75, 3.05) is 18.1 Å². The zero-order valence-electron chi connectivity index (χ0n) is 21.7. The van der Waals surface area contributed by atoms with Gasteiger partial charge in [0, 0.05) is 6.20 Å². The Hall–Kier alpha value is -2.75. The molecule has 2 aliphatic rings. The second-order valence-corrected chi connectivity index (χ2v) is 14.0. The number of nitrogen functional groups attached to an aromatic ring is 2. The fraction of sp³-hybridized carbons (Fsp3) is 0.450. The van der Waals surface area contributed by atoms with Crippen molar-refractivity contribution in [1.29, 1.82) is 0 Å². The van der Waals surface area contributed by atoms with Crippen LogP contribution in [0.1, 0.15) is 12.5 Å². The minimum Gasteiger partial charge on any atom is -0.385 e. The number of nitrogens with two attached hydrogens (primary N) is 2. The molecule has 2 saturated heterocycles. The Balaban J connectivity index is 1.26. The summed E-state index contributed by atoms with van der Waals surface area (Å²) in [6.07, 6.45) is -10.7. The minimum absolute atomic E-state index is 0.127. The van der Waals surface area contributed by atoms with Gasteiger partial charge in [-0.3, -0.25) is 23.4 Å². The Kier molecular flexibility index (Phi) is 8.43. The van der Waals surface area contributed by atoms with Crippen LogP contribution in [-0.2, 0) is 39.4 Å². The number of H-pyrrole nitrogens is 1. The van der Waals surface area contributed by atoms with E-state index in [1.807, 2.05) is 0 Å². The SMILES string of the molecule is Nc1nc2c(ncn2[C@@H]2O[C@H](CO[P+](=O)S)[C@@H](F)[C@H]2OP(O)(=S)O[C@H]2O[C@@H](n3ccc4c(N)ncnc43)[C@@H](F)[C@@H]2O)c(=O)[nH]1. The summed E-state index contributed by atoms with van der Waals surface area (Å²) >= 11 is 8.72. The van der Waals surface area contributed by atoms with Crippen LogP contribution in [0.3, 0.4) is 0 Å². The number of fused-ring (bicyclic) bond motifs is 2. The number of aliphatic hydroxyl groups is 1. The lowest BCUT2D eigenvalue weighted by atomic mass is 10.1. The number of anilines is 2. The largest absolute Gasteiger partial charge is 0.582 e. The van der Waals surface area contributed by atoms with E-state index in [4.69, 9.17) is 46.3 Å². The summed E-state index contributed by atoms with van der Waals surface area (Å²) in [6.45, 7) is -5.15. The van der Waals surface area contributed by atoms with Gasteiger partial charge < -0.3 is 35.5 Å². The Morgan fingerprint density at radius 3 is 2.68 bits per heavy atom. The number of thiol groups is 1. The van der Waals surface area contributed by atoms with Gasteiger partial charge in [0.2, 0.25) is 5.95 Å². The van der Waals surface area contributed by atoms with E-state index in [1.54, 1.807) is 0 Å². The first-order valence-corrected chi connectivity index (χ1v) is 17.3. The van der Waals surface area contributed by atoms with Crippen molar-refractivity contribution in [2.24, 2.45) is 0 Å². The predicted octanol–water partition coefficient (Wildman–Crippen LogP) is 0.741. The Bertz CT molecular complexity index is 1850. The zero-order valence-corrected chi connectivity index (χ0v) is 25.2. The van der Waals surface area contributed by atoms with Crippen LogP contribution in [0.25, 0.3) is 22.2 Å². The molecule has 44 heavy (non-hydrogen) atoms. The van der Waals surface area contributed by atoms with E-state index in [1.165, 1.54) is 16.8 Å². The number of nitrogens with one attached hydrogen (secondary N) is 1. The molecular weight excluding hydrogens is 674 g/mol. The van der Waals surface area contributed by atoms with Gasteiger partial charge in [-0.15, -0.1) is 4.52 Å². The lowest BCUT2D eigenvalue weighted by Gasteiger charge is -2.27. The topological polar surface area (TPSA) is 250 Å². The number of rotatable bonds is 9. The first-order valence-electron chi connectivity index (χ1n) is 12.4. The van der Waals surface area contributed by atoms with Crippen LogP contribution in [0, 0.1) is 0 Å². The van der Waals surface area contributed by atoms with Crippen molar-refractivity contribution in [3.63, 3.8) is 0 Å². The van der Waals surface area contributed by atoms with E-state index in [0.29, 0.717) is 5.39 Å². The smallest absolute Gasteiger partial charge is 0.385 e. The van der Waals surface area contributed by atoms with E-state index in [-0.39, 0.29) is 28.6 Å². The molecule has 4 aromatic heterocycles. The highest BCUT2D eigenvalue weighted by Crippen LogP contribution is 2.53. The predicted molar refractivity (Wildman–Crippen MR) is 153 cm³/mol. The average molecular weight is 697 g/mol. The second-order valence-electron chi connectivity index (χ2n) is 9.51. The number of aromatic nitrogens is 7. The molecule has 0 amide bonds. The summed E-state index contributed by atoms with van der Waals surface area (Å²) < 4.78 is 71.7. The first kappa shape index (κ1) is 31.2. The number of alkyl halides is 2. The van der Waals surface area contributed by atoms with Crippen molar-refractivity contribution in [3.05, 3.63) is 35.3 Å². The quantitative estimate of drug-likeness (QED) is 0.104. The minimum atomic E-state index is -4.59. The number of halogens is 2. The Morgan fingerprint density at radius 2 is 1.93 bits per heavy atom. The molecule has 10 atom stereocenters. The summed E-state index contributed by atoms with van der Waals surface area (Å²) in [5.41, 5.74) is 10.7. The number of imidazole rings is 1. The molecule has 0 saturated carbocycles. The molecule has 0 radical (unpaired) electrons. The summed E-state index contributed by atoms with van der Waals surface area (Å²) in [6, 6.07) is 1.52. The van der Waals surface area contributed by atoms with Crippen LogP contribution < -0.4 is 17.0 Å². The average Bonchev–Trinajstić information content (AvgIpc) is 3.70. The van der Waals surface area contributed by atoms with E-state index >= 15 is 8.78 Å². The van der Waals surface area contributed by atoms with E-state index in [2.05, 4.69) is 37.2 Å². The van der Waals surface area contributed by atoms with Crippen LogP contribution in [-0.4, -0.2) is 87.6 Å². The van der Waals surface area contributed by atoms with Gasteiger partial charge in [0.1, 0.15) is 55.0 Å². The van der Waals surface area contributed by atoms with E-state index < -0.39 is 75.5 Å². The highest BCUT2D eigenvalue weighted by atomic mass is 32.7. The number of aromatic amines is 1. The molecule has 0 aliphatic carbocycles. The van der Waals surface area contributed by atoms with Crippen molar-refractivity contribution >= 4 is 72.0 Å². The van der Waals surface area contributed by atoms with Gasteiger partial charge in [0.15, 0.2) is 42.3 Å². The summed E-state index contributed by atoms with van der Waals surface area (Å²) in [7, 11) is -2.45. The highest BCUT2D eigenvalue weighted by molar-refractivity contribution is 8.39. The zero-order chi connectivity index (χ0) is 31.5. The summed E-state index contributed by atoms with van der Waals surface area (Å²) in [4.78, 5) is 41.4. The monoisotopic (exact) mass is 696 g/mol. The molecule has 2 unspecified atom stereocenters. The molecule has 6 heterocycles. The maximum Gasteiger partial charge on any atom is 0.582 e. The normalized spacial score (nSPS) is 30.7. The molecule has 2 aliphatic heterocycles. The van der Waals surface area contributed by atoms with Crippen LogP contribution in [0.15, 0.2) is 29.7 Å². The summed E-state index contributed by atoms with van der Waals surface area (Å²) in [5, 5.41) is 11.0. The Labute approximate surface area is 254 Å². The van der Waals surface area contributed by atoms with Crippen molar-refractivity contribution in [1.82, 2.24) is 34.1 Å². The molecule has 236 valence electrons. The molecular formula is C20H22F2N9O9P2S2+. The molecule has 0 spiro atoms. The molecule has 24 heteroatoms. The van der Waals surface area contributed by atoms with Gasteiger partial charge in [-0.05, 0) is 22.4 Å². The molecule has 4 aromatic rings. The maximum absolute atomic E-state index is 15.8. The van der Waals surface area contributed by atoms with Crippen LogP contribution in [0.5, 0.6) is 0 Å². The maximum atomic E-state index is 15.8. The van der Waals surface area contributed by atoms with E-state index in [0.717, 1.165) is 17.2 Å². The van der Waals surface area contributed by atoms with Gasteiger partial charge in [-0.25, -0.2) is 23.7 Å². The third kappa shape index (κ3) is 5.71. The molecule has 7 N–H and O–H groups in total. The molecule has 6 rings (SSSR count). The number of nitrogens with zero attached hydrogens (tertiary/aromatic N) is 6. The van der Waals surface area contributed by atoms with Gasteiger partial charge >= 0.3 is 13.9 Å². The van der Waals surface area contributed by atoms with Crippen molar-refractivity contribution < 1.29 is 46.4 Å².